The number of hydrogen-bond donors (Lipinski definition) is 0. The normalized spacial score (nSPS) is 16.4. The van der Waals surface area contributed by atoms with Crippen molar-refractivity contribution in [2.45, 2.75) is 6.92 Å². The standard InChI is InChI=1S/C21H24N2O4/c1-16-4-2-3-5-18(16)25-13-12-22-8-10-23(11-9-22)21(24)17-6-7-19-20(14-17)27-15-26-19/h2-7,14H,8-13,15H2,1H3. The molecule has 2 heterocycles. The number of hydrogen-bond acceptors (Lipinski definition) is 5. The zero-order valence-corrected chi connectivity index (χ0v) is 15.5. The highest BCUT2D eigenvalue weighted by molar-refractivity contribution is 5.95. The van der Waals surface area contributed by atoms with Gasteiger partial charge in [-0.3, -0.25) is 9.69 Å². The highest BCUT2D eigenvalue weighted by Gasteiger charge is 2.24. The van der Waals surface area contributed by atoms with Gasteiger partial charge in [0, 0.05) is 38.3 Å². The third kappa shape index (κ3) is 4.01. The molecule has 0 aliphatic carbocycles. The van der Waals surface area contributed by atoms with Crippen LogP contribution in [0.15, 0.2) is 42.5 Å². The van der Waals surface area contributed by atoms with Crippen molar-refractivity contribution in [1.29, 1.82) is 0 Å². The number of para-hydroxylation sites is 1. The van der Waals surface area contributed by atoms with Crippen LogP contribution in [0.4, 0.5) is 0 Å². The molecule has 2 aliphatic heterocycles. The Kier molecular flexibility index (Phi) is 5.16. The average molecular weight is 368 g/mol. The Morgan fingerprint density at radius 1 is 1.04 bits per heavy atom. The van der Waals surface area contributed by atoms with Gasteiger partial charge in [0.15, 0.2) is 11.5 Å². The van der Waals surface area contributed by atoms with Gasteiger partial charge < -0.3 is 19.1 Å². The summed E-state index contributed by atoms with van der Waals surface area (Å²) in [6.07, 6.45) is 0. The summed E-state index contributed by atoms with van der Waals surface area (Å²) in [4.78, 5) is 17.0. The Labute approximate surface area is 159 Å². The van der Waals surface area contributed by atoms with E-state index >= 15 is 0 Å². The molecule has 0 N–H and O–H groups in total. The largest absolute Gasteiger partial charge is 0.492 e. The van der Waals surface area contributed by atoms with E-state index in [0.717, 1.165) is 44.0 Å². The van der Waals surface area contributed by atoms with E-state index in [1.165, 1.54) is 0 Å². The number of carbonyl (C=O) groups is 1. The molecule has 0 unspecified atom stereocenters. The molecule has 0 aromatic heterocycles. The molecule has 0 saturated carbocycles. The minimum atomic E-state index is 0.0455. The van der Waals surface area contributed by atoms with E-state index in [2.05, 4.69) is 17.9 Å². The molecular formula is C21H24N2O4. The van der Waals surface area contributed by atoms with E-state index in [1.54, 1.807) is 18.2 Å². The topological polar surface area (TPSA) is 51.2 Å². The molecule has 1 saturated heterocycles. The lowest BCUT2D eigenvalue weighted by molar-refractivity contribution is 0.0619. The van der Waals surface area contributed by atoms with Gasteiger partial charge in [0.1, 0.15) is 12.4 Å². The lowest BCUT2D eigenvalue weighted by atomic mass is 10.1. The van der Waals surface area contributed by atoms with Crippen molar-refractivity contribution in [3.8, 4) is 17.2 Å². The molecule has 1 amide bonds. The summed E-state index contributed by atoms with van der Waals surface area (Å²) in [5, 5.41) is 0. The molecule has 142 valence electrons. The number of fused-ring (bicyclic) bond motifs is 1. The van der Waals surface area contributed by atoms with Crippen LogP contribution >= 0.6 is 0 Å². The van der Waals surface area contributed by atoms with E-state index in [0.29, 0.717) is 23.7 Å². The molecule has 2 aromatic carbocycles. The SMILES string of the molecule is Cc1ccccc1OCCN1CCN(C(=O)c2ccc3c(c2)OCO3)CC1. The zero-order chi connectivity index (χ0) is 18.6. The average Bonchev–Trinajstić information content (AvgIpc) is 3.17. The van der Waals surface area contributed by atoms with Crippen LogP contribution in [-0.4, -0.2) is 61.8 Å². The molecule has 4 rings (SSSR count). The maximum Gasteiger partial charge on any atom is 0.254 e. The Hall–Kier alpha value is -2.73. The second kappa shape index (κ2) is 7.88. The first-order valence-electron chi connectivity index (χ1n) is 9.30. The van der Waals surface area contributed by atoms with Crippen molar-refractivity contribution in [2.75, 3.05) is 46.1 Å². The van der Waals surface area contributed by atoms with Crippen LogP contribution in [-0.2, 0) is 0 Å². The second-order valence-electron chi connectivity index (χ2n) is 6.82. The highest BCUT2D eigenvalue weighted by Crippen LogP contribution is 2.32. The predicted molar refractivity (Wildman–Crippen MR) is 102 cm³/mol. The lowest BCUT2D eigenvalue weighted by Crippen LogP contribution is -2.49. The quantitative estimate of drug-likeness (QED) is 0.812. The fourth-order valence-corrected chi connectivity index (χ4v) is 3.39. The molecule has 1 fully saturated rings. The molecule has 0 bridgehead atoms. The van der Waals surface area contributed by atoms with Gasteiger partial charge in [0.2, 0.25) is 6.79 Å². The van der Waals surface area contributed by atoms with Crippen molar-refractivity contribution >= 4 is 5.91 Å². The third-order valence-corrected chi connectivity index (χ3v) is 5.04. The van der Waals surface area contributed by atoms with Crippen LogP contribution in [0.5, 0.6) is 17.2 Å². The van der Waals surface area contributed by atoms with E-state index in [9.17, 15) is 4.79 Å². The van der Waals surface area contributed by atoms with Gasteiger partial charge >= 0.3 is 0 Å². The number of ether oxygens (including phenoxy) is 3. The van der Waals surface area contributed by atoms with E-state index in [1.807, 2.05) is 23.1 Å². The second-order valence-corrected chi connectivity index (χ2v) is 6.82. The zero-order valence-electron chi connectivity index (χ0n) is 15.5. The van der Waals surface area contributed by atoms with Crippen molar-refractivity contribution in [3.05, 3.63) is 53.6 Å². The fraction of sp³-hybridized carbons (Fsp3) is 0.381. The molecule has 6 heteroatoms. The summed E-state index contributed by atoms with van der Waals surface area (Å²) in [6.45, 7) is 6.93. The maximum atomic E-state index is 12.7. The predicted octanol–water partition coefficient (Wildman–Crippen LogP) is 2.56. The van der Waals surface area contributed by atoms with Crippen LogP contribution < -0.4 is 14.2 Å². The fourth-order valence-electron chi connectivity index (χ4n) is 3.39. The van der Waals surface area contributed by atoms with Crippen molar-refractivity contribution in [2.24, 2.45) is 0 Å². The van der Waals surface area contributed by atoms with Gasteiger partial charge in [-0.1, -0.05) is 18.2 Å². The molecule has 6 nitrogen and oxygen atoms in total. The smallest absolute Gasteiger partial charge is 0.254 e. The number of carbonyl (C=O) groups excluding carboxylic acids is 1. The van der Waals surface area contributed by atoms with Gasteiger partial charge in [-0.2, -0.15) is 0 Å². The highest BCUT2D eigenvalue weighted by atomic mass is 16.7. The Morgan fingerprint density at radius 3 is 2.63 bits per heavy atom. The minimum absolute atomic E-state index is 0.0455. The van der Waals surface area contributed by atoms with Gasteiger partial charge in [-0.25, -0.2) is 0 Å². The molecule has 2 aliphatic rings. The Bertz CT molecular complexity index is 816. The minimum Gasteiger partial charge on any atom is -0.492 e. The summed E-state index contributed by atoms with van der Waals surface area (Å²) >= 11 is 0. The first kappa shape index (κ1) is 17.7. The van der Waals surface area contributed by atoms with Crippen LogP contribution in [0, 0.1) is 6.92 Å². The summed E-state index contributed by atoms with van der Waals surface area (Å²) in [7, 11) is 0. The Balaban J connectivity index is 1.25. The van der Waals surface area contributed by atoms with Crippen LogP contribution in [0.1, 0.15) is 15.9 Å². The van der Waals surface area contributed by atoms with Crippen molar-refractivity contribution in [3.63, 3.8) is 0 Å². The summed E-state index contributed by atoms with van der Waals surface area (Å²) in [6, 6.07) is 13.4. The third-order valence-electron chi connectivity index (χ3n) is 5.04. The van der Waals surface area contributed by atoms with Crippen molar-refractivity contribution in [1.82, 2.24) is 9.80 Å². The van der Waals surface area contributed by atoms with Gasteiger partial charge in [0.25, 0.3) is 5.91 Å². The monoisotopic (exact) mass is 368 g/mol. The number of rotatable bonds is 5. The van der Waals surface area contributed by atoms with E-state index in [-0.39, 0.29) is 12.7 Å². The van der Waals surface area contributed by atoms with Crippen LogP contribution in [0.2, 0.25) is 0 Å². The number of aryl methyl sites for hydroxylation is 1. The first-order valence-corrected chi connectivity index (χ1v) is 9.30. The van der Waals surface area contributed by atoms with Gasteiger partial charge in [0.05, 0.1) is 0 Å². The van der Waals surface area contributed by atoms with Crippen molar-refractivity contribution < 1.29 is 19.0 Å². The summed E-state index contributed by atoms with van der Waals surface area (Å²) < 4.78 is 16.5. The Morgan fingerprint density at radius 2 is 1.81 bits per heavy atom. The molecular weight excluding hydrogens is 344 g/mol. The summed E-state index contributed by atoms with van der Waals surface area (Å²) in [5.74, 6) is 2.33. The number of nitrogens with zero attached hydrogens (tertiary/aromatic N) is 2. The lowest BCUT2D eigenvalue weighted by Gasteiger charge is -2.34. The van der Waals surface area contributed by atoms with Gasteiger partial charge in [-0.05, 0) is 36.8 Å². The van der Waals surface area contributed by atoms with E-state index < -0.39 is 0 Å². The molecule has 0 spiro atoms. The maximum absolute atomic E-state index is 12.7. The van der Waals surface area contributed by atoms with Gasteiger partial charge in [-0.15, -0.1) is 0 Å². The number of amides is 1. The van der Waals surface area contributed by atoms with Crippen LogP contribution in [0.25, 0.3) is 0 Å². The van der Waals surface area contributed by atoms with Crippen LogP contribution in [0.3, 0.4) is 0 Å². The molecule has 2 aromatic rings. The molecule has 27 heavy (non-hydrogen) atoms. The molecule has 0 atom stereocenters. The first-order chi connectivity index (χ1) is 13.2. The molecule has 0 radical (unpaired) electrons. The number of piperazine rings is 1. The number of benzene rings is 2. The summed E-state index contributed by atoms with van der Waals surface area (Å²) in [5.41, 5.74) is 1.80. The van der Waals surface area contributed by atoms with E-state index in [4.69, 9.17) is 14.2 Å².